The molecule has 1 N–H and O–H groups in total. The molecule has 1 aliphatic rings. The molecule has 0 saturated carbocycles. The number of carbonyl (C=O) groups excluding carboxylic acids is 3. The van der Waals surface area contributed by atoms with E-state index in [-0.39, 0.29) is 16.8 Å². The molecule has 3 rings (SSSR count). The third kappa shape index (κ3) is 2.79. The highest BCUT2D eigenvalue weighted by Gasteiger charge is 2.40. The molecule has 3 amide bonds. The van der Waals surface area contributed by atoms with Gasteiger partial charge in [0, 0.05) is 11.8 Å². The predicted molar refractivity (Wildman–Crippen MR) is 88.1 cm³/mol. The molecule has 0 aromatic heterocycles. The standard InChI is InChI=1S/C17H12FN3O5/c1-9(20-16(23)11-4-2-3-5-12(11)17(20)24)15(22)19-10-6-7-13(18)14(8-10)21(25)26/h2-9H,1H3,(H,19,22). The van der Waals surface area contributed by atoms with Crippen molar-refractivity contribution < 1.29 is 23.7 Å². The summed E-state index contributed by atoms with van der Waals surface area (Å²) in [6.45, 7) is 1.36. The first-order chi connectivity index (χ1) is 12.3. The second-order valence-corrected chi connectivity index (χ2v) is 5.61. The average Bonchev–Trinajstić information content (AvgIpc) is 2.87. The summed E-state index contributed by atoms with van der Waals surface area (Å²) in [7, 11) is 0. The number of nitrogens with one attached hydrogen (secondary N) is 1. The normalized spacial score (nSPS) is 14.2. The second kappa shape index (κ2) is 6.36. The van der Waals surface area contributed by atoms with Gasteiger partial charge in [-0.2, -0.15) is 4.39 Å². The van der Waals surface area contributed by atoms with Gasteiger partial charge < -0.3 is 5.32 Å². The minimum atomic E-state index is -1.16. The van der Waals surface area contributed by atoms with Gasteiger partial charge in [-0.3, -0.25) is 29.4 Å². The van der Waals surface area contributed by atoms with Crippen LogP contribution < -0.4 is 5.32 Å². The van der Waals surface area contributed by atoms with Gasteiger partial charge in [-0.25, -0.2) is 0 Å². The molecule has 0 aliphatic carbocycles. The van der Waals surface area contributed by atoms with Crippen LogP contribution in [-0.4, -0.2) is 33.6 Å². The molecule has 0 spiro atoms. The number of imide groups is 1. The second-order valence-electron chi connectivity index (χ2n) is 5.61. The molecule has 1 atom stereocenters. The fourth-order valence-electron chi connectivity index (χ4n) is 2.65. The van der Waals surface area contributed by atoms with Gasteiger partial charge >= 0.3 is 5.69 Å². The van der Waals surface area contributed by atoms with Crippen molar-refractivity contribution in [3.8, 4) is 0 Å². The molecular formula is C17H12FN3O5. The lowest BCUT2D eigenvalue weighted by Gasteiger charge is -2.21. The first kappa shape index (κ1) is 17.2. The number of carbonyl (C=O) groups is 3. The lowest BCUT2D eigenvalue weighted by atomic mass is 10.1. The van der Waals surface area contributed by atoms with Crippen LogP contribution in [-0.2, 0) is 4.79 Å². The zero-order chi connectivity index (χ0) is 19.0. The highest BCUT2D eigenvalue weighted by Crippen LogP contribution is 2.26. The number of fused-ring (bicyclic) bond motifs is 1. The number of nitro benzene ring substituents is 1. The molecule has 9 heteroatoms. The van der Waals surface area contributed by atoms with Gasteiger partial charge in [0.1, 0.15) is 6.04 Å². The van der Waals surface area contributed by atoms with E-state index in [1.165, 1.54) is 19.1 Å². The zero-order valence-electron chi connectivity index (χ0n) is 13.4. The molecule has 0 bridgehead atoms. The summed E-state index contributed by atoms with van der Waals surface area (Å²) in [5.41, 5.74) is -0.410. The number of hydrogen-bond donors (Lipinski definition) is 1. The van der Waals surface area contributed by atoms with E-state index >= 15 is 0 Å². The summed E-state index contributed by atoms with van der Waals surface area (Å²) in [5, 5.41) is 13.1. The fraction of sp³-hybridized carbons (Fsp3) is 0.118. The van der Waals surface area contributed by atoms with Crippen molar-refractivity contribution in [1.82, 2.24) is 4.90 Å². The minimum Gasteiger partial charge on any atom is -0.324 e. The lowest BCUT2D eigenvalue weighted by Crippen LogP contribution is -2.45. The van der Waals surface area contributed by atoms with Crippen LogP contribution >= 0.6 is 0 Å². The Bertz CT molecular complexity index is 924. The number of nitrogens with zero attached hydrogens (tertiary/aromatic N) is 2. The topological polar surface area (TPSA) is 110 Å². The van der Waals surface area contributed by atoms with Crippen molar-refractivity contribution in [3.63, 3.8) is 0 Å². The molecule has 0 radical (unpaired) electrons. The molecule has 2 aromatic rings. The van der Waals surface area contributed by atoms with E-state index in [0.29, 0.717) is 0 Å². The lowest BCUT2D eigenvalue weighted by molar-refractivity contribution is -0.387. The van der Waals surface area contributed by atoms with Gasteiger partial charge in [0.05, 0.1) is 16.1 Å². The summed E-state index contributed by atoms with van der Waals surface area (Å²) < 4.78 is 13.4. The molecule has 1 heterocycles. The first-order valence-electron chi connectivity index (χ1n) is 7.53. The molecule has 0 fully saturated rings. The number of amides is 3. The smallest absolute Gasteiger partial charge is 0.306 e. The molecule has 2 aromatic carbocycles. The Labute approximate surface area is 146 Å². The van der Waals surface area contributed by atoms with E-state index in [4.69, 9.17) is 0 Å². The number of halogens is 1. The Balaban J connectivity index is 1.81. The van der Waals surface area contributed by atoms with Crippen LogP contribution in [0.3, 0.4) is 0 Å². The van der Waals surface area contributed by atoms with Crippen molar-refractivity contribution in [2.45, 2.75) is 13.0 Å². The fourth-order valence-corrected chi connectivity index (χ4v) is 2.65. The third-order valence-corrected chi connectivity index (χ3v) is 4.00. The Morgan fingerprint density at radius 3 is 2.27 bits per heavy atom. The van der Waals surface area contributed by atoms with E-state index < -0.39 is 40.2 Å². The molecule has 1 aliphatic heterocycles. The highest BCUT2D eigenvalue weighted by molar-refractivity contribution is 6.23. The SMILES string of the molecule is CC(C(=O)Nc1ccc(F)c([N+](=O)[O-])c1)N1C(=O)c2ccccc2C1=O. The van der Waals surface area contributed by atoms with Crippen molar-refractivity contribution in [1.29, 1.82) is 0 Å². The molecule has 132 valence electrons. The molecule has 8 nitrogen and oxygen atoms in total. The van der Waals surface area contributed by atoms with Crippen molar-refractivity contribution >= 4 is 29.1 Å². The number of benzene rings is 2. The van der Waals surface area contributed by atoms with Gasteiger partial charge in [0.15, 0.2) is 0 Å². The predicted octanol–water partition coefficient (Wildman–Crippen LogP) is 2.36. The van der Waals surface area contributed by atoms with Crippen LogP contribution in [0, 0.1) is 15.9 Å². The summed E-state index contributed by atoms with van der Waals surface area (Å²) in [6, 6.07) is 7.89. The van der Waals surface area contributed by atoms with Crippen molar-refractivity contribution in [3.05, 3.63) is 69.5 Å². The Hall–Kier alpha value is -3.62. The van der Waals surface area contributed by atoms with Gasteiger partial charge in [-0.1, -0.05) is 12.1 Å². The third-order valence-electron chi connectivity index (χ3n) is 4.00. The molecular weight excluding hydrogens is 345 g/mol. The van der Waals surface area contributed by atoms with Gasteiger partial charge in [0.2, 0.25) is 11.7 Å². The minimum absolute atomic E-state index is 0.0217. The Morgan fingerprint density at radius 1 is 1.15 bits per heavy atom. The number of rotatable bonds is 4. The quantitative estimate of drug-likeness (QED) is 0.513. The monoisotopic (exact) mass is 357 g/mol. The van der Waals surface area contributed by atoms with Crippen LogP contribution in [0.5, 0.6) is 0 Å². The van der Waals surface area contributed by atoms with Crippen LogP contribution in [0.2, 0.25) is 0 Å². The summed E-state index contributed by atoms with van der Waals surface area (Å²) in [5.74, 6) is -2.97. The zero-order valence-corrected chi connectivity index (χ0v) is 13.4. The van der Waals surface area contributed by atoms with E-state index in [1.807, 2.05) is 0 Å². The van der Waals surface area contributed by atoms with Crippen LogP contribution in [0.25, 0.3) is 0 Å². The maximum absolute atomic E-state index is 13.4. The van der Waals surface area contributed by atoms with Crippen molar-refractivity contribution in [2.75, 3.05) is 5.32 Å². The van der Waals surface area contributed by atoms with Crippen LogP contribution in [0.4, 0.5) is 15.8 Å². The van der Waals surface area contributed by atoms with E-state index in [1.54, 1.807) is 12.1 Å². The maximum atomic E-state index is 13.4. The number of nitro groups is 1. The Morgan fingerprint density at radius 2 is 1.73 bits per heavy atom. The van der Waals surface area contributed by atoms with E-state index in [9.17, 15) is 28.9 Å². The highest BCUT2D eigenvalue weighted by atomic mass is 19.1. The number of hydrogen-bond acceptors (Lipinski definition) is 5. The van der Waals surface area contributed by atoms with Gasteiger partial charge in [-0.05, 0) is 31.2 Å². The largest absolute Gasteiger partial charge is 0.324 e. The van der Waals surface area contributed by atoms with E-state index in [0.717, 1.165) is 23.1 Å². The summed E-state index contributed by atoms with van der Waals surface area (Å²) in [4.78, 5) is 47.8. The van der Waals surface area contributed by atoms with Crippen molar-refractivity contribution in [2.24, 2.45) is 0 Å². The maximum Gasteiger partial charge on any atom is 0.306 e. The van der Waals surface area contributed by atoms with Gasteiger partial charge in [0.25, 0.3) is 11.8 Å². The number of anilines is 1. The molecule has 0 saturated heterocycles. The molecule has 26 heavy (non-hydrogen) atoms. The molecule has 1 unspecified atom stereocenters. The Kier molecular flexibility index (Phi) is 4.21. The summed E-state index contributed by atoms with van der Waals surface area (Å²) >= 11 is 0. The van der Waals surface area contributed by atoms with E-state index in [2.05, 4.69) is 5.32 Å². The average molecular weight is 357 g/mol. The van der Waals surface area contributed by atoms with Gasteiger partial charge in [-0.15, -0.1) is 0 Å². The first-order valence-corrected chi connectivity index (χ1v) is 7.53. The van der Waals surface area contributed by atoms with Crippen LogP contribution in [0.1, 0.15) is 27.6 Å². The van der Waals surface area contributed by atoms with Crippen LogP contribution in [0.15, 0.2) is 42.5 Å². The summed E-state index contributed by atoms with van der Waals surface area (Å²) in [6.07, 6.45) is 0.